The first-order valence-electron chi connectivity index (χ1n) is 8.54. The number of esters is 1. The number of hydrogen-bond acceptors (Lipinski definition) is 7. The Morgan fingerprint density at radius 2 is 2.12 bits per heavy atom. The molecule has 0 bridgehead atoms. The summed E-state index contributed by atoms with van der Waals surface area (Å²) in [5, 5.41) is 13.1. The van der Waals surface area contributed by atoms with Crippen LogP contribution in [-0.2, 0) is 9.53 Å². The monoisotopic (exact) mass is 360 g/mol. The third kappa shape index (κ3) is 3.99. The Kier molecular flexibility index (Phi) is 6.66. The molecule has 2 unspecified atom stereocenters. The SMILES string of the molecule is CC.CCOC(=O)C1Oc2cnccc2C1Nc1ccc(OC)c(O)c1. The Labute approximate surface area is 152 Å². The molecule has 1 aliphatic heterocycles. The Hall–Kier alpha value is -2.96. The zero-order valence-corrected chi connectivity index (χ0v) is 15.4. The van der Waals surface area contributed by atoms with Crippen molar-refractivity contribution in [3.05, 3.63) is 42.2 Å². The molecule has 0 fully saturated rings. The molecule has 2 atom stereocenters. The Balaban J connectivity index is 0.00000117. The van der Waals surface area contributed by atoms with E-state index in [2.05, 4.69) is 10.3 Å². The molecule has 0 radical (unpaired) electrons. The standard InChI is InChI=1S/C17H18N2O5.C2H6/c1-3-23-17(21)16-15(11-6-7-18-9-14(11)24-16)19-10-4-5-13(22-2)12(20)8-10;1-2/h4-9,15-16,19-20H,3H2,1-2H3;1-2H3. The second-order valence-corrected chi connectivity index (χ2v) is 5.21. The lowest BCUT2D eigenvalue weighted by Gasteiger charge is -2.20. The molecule has 2 heterocycles. The Morgan fingerprint density at radius 1 is 1.35 bits per heavy atom. The number of nitrogens with zero attached hydrogens (tertiary/aromatic N) is 1. The highest BCUT2D eigenvalue weighted by molar-refractivity contribution is 5.79. The highest BCUT2D eigenvalue weighted by atomic mass is 16.6. The maximum absolute atomic E-state index is 12.2. The van der Waals surface area contributed by atoms with E-state index in [9.17, 15) is 9.90 Å². The van der Waals surface area contributed by atoms with Gasteiger partial charge in [-0.3, -0.25) is 4.98 Å². The van der Waals surface area contributed by atoms with E-state index in [0.29, 0.717) is 17.2 Å². The summed E-state index contributed by atoms with van der Waals surface area (Å²) in [5.41, 5.74) is 1.43. The molecular formula is C19H24N2O5. The number of carbonyl (C=O) groups is 1. The van der Waals surface area contributed by atoms with Gasteiger partial charge in [-0.2, -0.15) is 0 Å². The van der Waals surface area contributed by atoms with Crippen LogP contribution in [0, 0.1) is 0 Å². The molecule has 2 N–H and O–H groups in total. The number of carbonyl (C=O) groups excluding carboxylic acids is 1. The van der Waals surface area contributed by atoms with Crippen LogP contribution in [-0.4, -0.2) is 35.9 Å². The largest absolute Gasteiger partial charge is 0.504 e. The third-order valence-corrected chi connectivity index (χ3v) is 3.73. The highest BCUT2D eigenvalue weighted by Crippen LogP contribution is 2.39. The molecule has 1 aromatic heterocycles. The van der Waals surface area contributed by atoms with E-state index in [-0.39, 0.29) is 12.4 Å². The minimum Gasteiger partial charge on any atom is -0.504 e. The van der Waals surface area contributed by atoms with Gasteiger partial charge in [0.05, 0.1) is 19.9 Å². The lowest BCUT2D eigenvalue weighted by atomic mass is 10.0. The summed E-state index contributed by atoms with van der Waals surface area (Å²) >= 11 is 0. The predicted molar refractivity (Wildman–Crippen MR) is 97.7 cm³/mol. The van der Waals surface area contributed by atoms with E-state index in [1.807, 2.05) is 13.8 Å². The molecule has 0 amide bonds. The molecule has 0 aliphatic carbocycles. The number of methoxy groups -OCH3 is 1. The van der Waals surface area contributed by atoms with Gasteiger partial charge in [-0.15, -0.1) is 0 Å². The first kappa shape index (κ1) is 19.4. The van der Waals surface area contributed by atoms with Crippen LogP contribution >= 0.6 is 0 Å². The second kappa shape index (κ2) is 8.94. The molecule has 26 heavy (non-hydrogen) atoms. The summed E-state index contributed by atoms with van der Waals surface area (Å²) in [6, 6.07) is 6.26. The topological polar surface area (TPSA) is 89.9 Å². The number of fused-ring (bicyclic) bond motifs is 1. The minimum absolute atomic E-state index is 0.00375. The van der Waals surface area contributed by atoms with Crippen LogP contribution < -0.4 is 14.8 Å². The fraction of sp³-hybridized carbons (Fsp3) is 0.368. The van der Waals surface area contributed by atoms with Gasteiger partial charge in [-0.05, 0) is 25.1 Å². The number of aromatic nitrogens is 1. The predicted octanol–water partition coefficient (Wildman–Crippen LogP) is 3.30. The van der Waals surface area contributed by atoms with Gasteiger partial charge in [0.25, 0.3) is 0 Å². The molecule has 7 nitrogen and oxygen atoms in total. The Bertz CT molecular complexity index is 750. The molecule has 140 valence electrons. The van der Waals surface area contributed by atoms with Crippen LogP contribution in [0.4, 0.5) is 5.69 Å². The summed E-state index contributed by atoms with van der Waals surface area (Å²) in [4.78, 5) is 16.2. The van der Waals surface area contributed by atoms with Gasteiger partial charge in [0.1, 0.15) is 11.8 Å². The lowest BCUT2D eigenvalue weighted by Crippen LogP contribution is -2.34. The van der Waals surface area contributed by atoms with E-state index in [1.54, 1.807) is 37.5 Å². The van der Waals surface area contributed by atoms with Gasteiger partial charge in [0, 0.05) is 23.5 Å². The number of hydrogen-bond donors (Lipinski definition) is 2. The van der Waals surface area contributed by atoms with Gasteiger partial charge < -0.3 is 24.6 Å². The summed E-state index contributed by atoms with van der Waals surface area (Å²) in [7, 11) is 1.48. The van der Waals surface area contributed by atoms with Crippen molar-refractivity contribution in [2.24, 2.45) is 0 Å². The third-order valence-electron chi connectivity index (χ3n) is 3.73. The first-order valence-corrected chi connectivity index (χ1v) is 8.54. The number of benzene rings is 1. The van der Waals surface area contributed by atoms with Crippen molar-refractivity contribution in [1.82, 2.24) is 4.98 Å². The minimum atomic E-state index is -0.826. The number of aromatic hydroxyl groups is 1. The maximum atomic E-state index is 12.2. The molecule has 0 saturated heterocycles. The van der Waals surface area contributed by atoms with Crippen molar-refractivity contribution in [1.29, 1.82) is 0 Å². The van der Waals surface area contributed by atoms with Crippen LogP contribution in [0.2, 0.25) is 0 Å². The number of phenols is 1. The molecule has 1 aliphatic rings. The number of rotatable bonds is 5. The van der Waals surface area contributed by atoms with Crippen LogP contribution in [0.1, 0.15) is 32.4 Å². The number of anilines is 1. The summed E-state index contributed by atoms with van der Waals surface area (Å²) in [5.74, 6) is 0.452. The van der Waals surface area contributed by atoms with Crippen LogP contribution in [0.25, 0.3) is 0 Å². The van der Waals surface area contributed by atoms with Gasteiger partial charge >= 0.3 is 5.97 Å². The van der Waals surface area contributed by atoms with Crippen LogP contribution in [0.15, 0.2) is 36.7 Å². The van der Waals surface area contributed by atoms with Crippen LogP contribution in [0.5, 0.6) is 17.2 Å². The van der Waals surface area contributed by atoms with E-state index in [1.165, 1.54) is 13.2 Å². The molecule has 2 aromatic rings. The zero-order valence-electron chi connectivity index (χ0n) is 15.4. The number of pyridine rings is 1. The fourth-order valence-electron chi connectivity index (χ4n) is 2.64. The number of nitrogens with one attached hydrogen (secondary N) is 1. The molecule has 0 spiro atoms. The molecule has 0 saturated carbocycles. The number of phenolic OH excluding ortho intramolecular Hbond substituents is 1. The fourth-order valence-corrected chi connectivity index (χ4v) is 2.64. The van der Waals surface area contributed by atoms with Crippen LogP contribution in [0.3, 0.4) is 0 Å². The van der Waals surface area contributed by atoms with Gasteiger partial charge in [0.2, 0.25) is 6.10 Å². The summed E-state index contributed by atoms with van der Waals surface area (Å²) in [6.45, 7) is 6.01. The second-order valence-electron chi connectivity index (χ2n) is 5.21. The maximum Gasteiger partial charge on any atom is 0.349 e. The highest BCUT2D eigenvalue weighted by Gasteiger charge is 2.40. The van der Waals surface area contributed by atoms with E-state index >= 15 is 0 Å². The van der Waals surface area contributed by atoms with Crippen molar-refractivity contribution >= 4 is 11.7 Å². The smallest absolute Gasteiger partial charge is 0.349 e. The van der Waals surface area contributed by atoms with E-state index in [4.69, 9.17) is 14.2 Å². The zero-order chi connectivity index (χ0) is 19.1. The van der Waals surface area contributed by atoms with Crippen molar-refractivity contribution in [2.75, 3.05) is 19.0 Å². The Morgan fingerprint density at radius 3 is 2.77 bits per heavy atom. The normalized spacial score (nSPS) is 17.2. The van der Waals surface area contributed by atoms with Crippen molar-refractivity contribution in [3.8, 4) is 17.2 Å². The average molecular weight is 360 g/mol. The van der Waals surface area contributed by atoms with Gasteiger partial charge in [0.15, 0.2) is 11.5 Å². The van der Waals surface area contributed by atoms with E-state index < -0.39 is 18.1 Å². The average Bonchev–Trinajstić information content (AvgIpc) is 3.02. The van der Waals surface area contributed by atoms with E-state index in [0.717, 1.165) is 5.56 Å². The number of ether oxygens (including phenoxy) is 3. The molecule has 1 aromatic carbocycles. The van der Waals surface area contributed by atoms with Crippen molar-refractivity contribution < 1.29 is 24.1 Å². The summed E-state index contributed by atoms with van der Waals surface area (Å²) < 4.78 is 15.8. The molecule has 7 heteroatoms. The lowest BCUT2D eigenvalue weighted by molar-refractivity contribution is -0.151. The summed E-state index contributed by atoms with van der Waals surface area (Å²) in [6.07, 6.45) is 2.37. The quantitative estimate of drug-likeness (QED) is 0.791. The molecular weight excluding hydrogens is 336 g/mol. The van der Waals surface area contributed by atoms with Gasteiger partial charge in [-0.1, -0.05) is 13.8 Å². The van der Waals surface area contributed by atoms with Crippen molar-refractivity contribution in [2.45, 2.75) is 32.9 Å². The van der Waals surface area contributed by atoms with Crippen molar-refractivity contribution in [3.63, 3.8) is 0 Å². The van der Waals surface area contributed by atoms with Gasteiger partial charge in [-0.25, -0.2) is 4.79 Å². The first-order chi connectivity index (χ1) is 12.6. The molecule has 3 rings (SSSR count).